The van der Waals surface area contributed by atoms with Gasteiger partial charge in [-0.25, -0.2) is 5.43 Å². The van der Waals surface area contributed by atoms with E-state index in [4.69, 9.17) is 0 Å². The summed E-state index contributed by atoms with van der Waals surface area (Å²) in [6.45, 7) is 1.54. The van der Waals surface area contributed by atoms with Crippen LogP contribution in [0.1, 0.15) is 29.3 Å². The third kappa shape index (κ3) is 5.22. The molecule has 0 bridgehead atoms. The van der Waals surface area contributed by atoms with Crippen LogP contribution >= 0.6 is 0 Å². The molecular weight excluding hydrogens is 395 g/mol. The van der Waals surface area contributed by atoms with Gasteiger partial charge >= 0.3 is 6.18 Å². The summed E-state index contributed by atoms with van der Waals surface area (Å²) in [7, 11) is 0. The summed E-state index contributed by atoms with van der Waals surface area (Å²) in [4.78, 5) is 24.5. The fourth-order valence-electron chi connectivity index (χ4n) is 2.88. The highest BCUT2D eigenvalue weighted by Crippen LogP contribution is 2.30. The fourth-order valence-corrected chi connectivity index (χ4v) is 2.88. The molecule has 30 heavy (non-hydrogen) atoms. The van der Waals surface area contributed by atoms with Gasteiger partial charge in [-0.2, -0.15) is 18.3 Å². The second kappa shape index (κ2) is 8.77. The van der Waals surface area contributed by atoms with Crippen molar-refractivity contribution in [2.75, 3.05) is 5.32 Å². The molecule has 0 saturated carbocycles. The molecule has 8 heteroatoms. The second-order valence-corrected chi connectivity index (χ2v) is 6.62. The Hall–Kier alpha value is -3.68. The van der Waals surface area contributed by atoms with Crippen molar-refractivity contribution in [3.05, 3.63) is 77.9 Å². The number of nitrogens with zero attached hydrogens (tertiary/aromatic N) is 1. The second-order valence-electron chi connectivity index (χ2n) is 6.62. The molecule has 5 nitrogen and oxygen atoms in total. The van der Waals surface area contributed by atoms with Crippen LogP contribution in [0.4, 0.5) is 18.9 Å². The van der Waals surface area contributed by atoms with Gasteiger partial charge in [-0.1, -0.05) is 42.5 Å². The van der Waals surface area contributed by atoms with E-state index in [1.807, 2.05) is 30.3 Å². The highest BCUT2D eigenvalue weighted by Gasteiger charge is 2.30. The largest absolute Gasteiger partial charge is 0.416 e. The Balaban J connectivity index is 1.62. The molecule has 0 atom stereocenters. The Morgan fingerprint density at radius 2 is 1.67 bits per heavy atom. The molecule has 3 aromatic rings. The minimum Gasteiger partial charge on any atom is -0.326 e. The number of hydrogen-bond acceptors (Lipinski definition) is 3. The van der Waals surface area contributed by atoms with Gasteiger partial charge < -0.3 is 5.32 Å². The lowest BCUT2D eigenvalue weighted by Gasteiger charge is -2.10. The molecule has 3 rings (SSSR count). The molecule has 0 aliphatic heterocycles. The van der Waals surface area contributed by atoms with E-state index in [-0.39, 0.29) is 12.1 Å². The maximum atomic E-state index is 12.8. The van der Waals surface area contributed by atoms with Crippen LogP contribution in [0, 0.1) is 0 Å². The summed E-state index contributed by atoms with van der Waals surface area (Å²) >= 11 is 0. The maximum absolute atomic E-state index is 12.8. The standard InChI is InChI=1S/C22H18F3N3O2/c1-14(12-20(29)26-17-9-5-8-16(13-17)22(23,24)25)27-28-21(30)19-11-4-7-15-6-2-3-10-18(15)19/h2-11,13H,12H2,1H3,(H,26,29)(H,28,30). The van der Waals surface area contributed by atoms with Crippen LogP contribution in [0.25, 0.3) is 10.8 Å². The number of hydrazone groups is 1. The quantitative estimate of drug-likeness (QED) is 0.457. The topological polar surface area (TPSA) is 70.6 Å². The number of alkyl halides is 3. The normalized spacial score (nSPS) is 11.9. The monoisotopic (exact) mass is 413 g/mol. The summed E-state index contributed by atoms with van der Waals surface area (Å²) in [5.41, 5.74) is 2.33. The van der Waals surface area contributed by atoms with Gasteiger partial charge in [0.15, 0.2) is 0 Å². The maximum Gasteiger partial charge on any atom is 0.416 e. The zero-order valence-electron chi connectivity index (χ0n) is 16.0. The smallest absolute Gasteiger partial charge is 0.326 e. The van der Waals surface area contributed by atoms with E-state index in [1.165, 1.54) is 19.1 Å². The van der Waals surface area contributed by atoms with E-state index in [9.17, 15) is 22.8 Å². The van der Waals surface area contributed by atoms with E-state index in [2.05, 4.69) is 15.8 Å². The van der Waals surface area contributed by atoms with Crippen LogP contribution < -0.4 is 10.7 Å². The fraction of sp³-hybridized carbons (Fsp3) is 0.136. The SMILES string of the molecule is CC(CC(=O)Nc1cccc(C(F)(F)F)c1)=NNC(=O)c1cccc2ccccc12. The van der Waals surface area contributed by atoms with Crippen LogP contribution in [-0.4, -0.2) is 17.5 Å². The lowest BCUT2D eigenvalue weighted by atomic mass is 10.0. The Morgan fingerprint density at radius 1 is 0.967 bits per heavy atom. The van der Waals surface area contributed by atoms with E-state index in [0.29, 0.717) is 11.3 Å². The van der Waals surface area contributed by atoms with Crippen LogP contribution in [0.2, 0.25) is 0 Å². The molecule has 3 aromatic carbocycles. The Labute approximate surface area is 170 Å². The van der Waals surface area contributed by atoms with Gasteiger partial charge in [0.25, 0.3) is 5.91 Å². The number of rotatable bonds is 5. The zero-order chi connectivity index (χ0) is 21.7. The van der Waals surface area contributed by atoms with Gasteiger partial charge in [0.1, 0.15) is 0 Å². The van der Waals surface area contributed by atoms with E-state index in [0.717, 1.165) is 22.9 Å². The van der Waals surface area contributed by atoms with Crippen molar-refractivity contribution in [2.24, 2.45) is 5.10 Å². The van der Waals surface area contributed by atoms with Gasteiger partial charge in [-0.15, -0.1) is 0 Å². The highest BCUT2D eigenvalue weighted by atomic mass is 19.4. The molecule has 0 unspecified atom stereocenters. The van der Waals surface area contributed by atoms with Gasteiger partial charge in [0.2, 0.25) is 5.91 Å². The number of carbonyl (C=O) groups excluding carboxylic acids is 2. The number of amides is 2. The molecule has 0 aliphatic carbocycles. The van der Waals surface area contributed by atoms with Crippen LogP contribution in [0.3, 0.4) is 0 Å². The molecule has 0 heterocycles. The number of carbonyl (C=O) groups is 2. The van der Waals surface area contributed by atoms with E-state index in [1.54, 1.807) is 12.1 Å². The first-order chi connectivity index (χ1) is 14.2. The average molecular weight is 413 g/mol. The predicted molar refractivity (Wildman–Crippen MR) is 109 cm³/mol. The molecule has 2 amide bonds. The van der Waals surface area contributed by atoms with Crippen molar-refractivity contribution in [1.82, 2.24) is 5.43 Å². The number of fused-ring (bicyclic) bond motifs is 1. The summed E-state index contributed by atoms with van der Waals surface area (Å²) < 4.78 is 38.3. The van der Waals surface area contributed by atoms with Gasteiger partial charge in [-0.05, 0) is 42.0 Å². The Bertz CT molecular complexity index is 1120. The number of hydrogen-bond donors (Lipinski definition) is 2. The van der Waals surface area contributed by atoms with Gasteiger partial charge in [-0.3, -0.25) is 9.59 Å². The van der Waals surface area contributed by atoms with Crippen LogP contribution in [0.15, 0.2) is 71.8 Å². The first kappa shape index (κ1) is 21.0. The Morgan fingerprint density at radius 3 is 2.43 bits per heavy atom. The zero-order valence-corrected chi connectivity index (χ0v) is 16.0. The first-order valence-corrected chi connectivity index (χ1v) is 9.02. The Kier molecular flexibility index (Phi) is 6.15. The molecule has 2 N–H and O–H groups in total. The summed E-state index contributed by atoms with van der Waals surface area (Å²) in [6, 6.07) is 17.1. The lowest BCUT2D eigenvalue weighted by Crippen LogP contribution is -2.21. The summed E-state index contributed by atoms with van der Waals surface area (Å²) in [6.07, 6.45) is -4.68. The van der Waals surface area contributed by atoms with Crippen molar-refractivity contribution in [3.63, 3.8) is 0 Å². The molecule has 0 fully saturated rings. The predicted octanol–water partition coefficient (Wildman–Crippen LogP) is 4.99. The van der Waals surface area contributed by atoms with E-state index >= 15 is 0 Å². The molecule has 154 valence electrons. The minimum atomic E-state index is -4.50. The number of anilines is 1. The van der Waals surface area contributed by atoms with Crippen molar-refractivity contribution in [2.45, 2.75) is 19.5 Å². The molecule has 0 aliphatic rings. The molecular formula is C22H18F3N3O2. The van der Waals surface area contributed by atoms with Crippen LogP contribution in [0.5, 0.6) is 0 Å². The lowest BCUT2D eigenvalue weighted by molar-refractivity contribution is -0.137. The molecule has 0 saturated heterocycles. The number of benzene rings is 3. The summed E-state index contributed by atoms with van der Waals surface area (Å²) in [5.74, 6) is -0.973. The van der Waals surface area contributed by atoms with Crippen molar-refractivity contribution < 1.29 is 22.8 Å². The number of nitrogens with one attached hydrogen (secondary N) is 2. The van der Waals surface area contributed by atoms with Gasteiger partial charge in [0.05, 0.1) is 12.0 Å². The molecule has 0 spiro atoms. The molecule has 0 radical (unpaired) electrons. The van der Waals surface area contributed by atoms with Crippen molar-refractivity contribution >= 4 is 34.0 Å². The van der Waals surface area contributed by atoms with Crippen molar-refractivity contribution in [1.29, 1.82) is 0 Å². The third-order valence-corrected chi connectivity index (χ3v) is 4.27. The third-order valence-electron chi connectivity index (χ3n) is 4.27. The van der Waals surface area contributed by atoms with Crippen molar-refractivity contribution in [3.8, 4) is 0 Å². The van der Waals surface area contributed by atoms with E-state index < -0.39 is 23.6 Å². The summed E-state index contributed by atoms with van der Waals surface area (Å²) in [5, 5.41) is 8.00. The average Bonchev–Trinajstić information content (AvgIpc) is 2.71. The van der Waals surface area contributed by atoms with Crippen LogP contribution in [-0.2, 0) is 11.0 Å². The minimum absolute atomic E-state index is 0.0300. The molecule has 0 aromatic heterocycles. The van der Waals surface area contributed by atoms with Gasteiger partial charge in [0, 0.05) is 17.0 Å². The first-order valence-electron chi connectivity index (χ1n) is 9.02. The highest BCUT2D eigenvalue weighted by molar-refractivity contribution is 6.08. The number of halogens is 3.